The van der Waals surface area contributed by atoms with Gasteiger partial charge in [0, 0.05) is 38.4 Å². The van der Waals surface area contributed by atoms with Gasteiger partial charge in [0.25, 0.3) is 0 Å². The number of hydrogen-bond acceptors (Lipinski definition) is 7. The normalized spacial score (nSPS) is 17.4. The van der Waals surface area contributed by atoms with Crippen LogP contribution in [0.2, 0.25) is 0 Å². The van der Waals surface area contributed by atoms with Crippen molar-refractivity contribution < 1.29 is 4.74 Å². The Bertz CT molecular complexity index is 945. The molecule has 1 aliphatic heterocycles. The number of morpholine rings is 1. The average molecular weight is 396 g/mol. The standard InChI is InChI=1S/C17H23N5O.C4H6N2/c1-11-12(2)19-16-15(18-11)14(13-5-3-4-6-13)20-17(21-16)22-7-9-23-10-8-22;1-6-4-2-3-5-6/h13H,3-10H2,1-2H3;2-4H,1H3. The molecular weight excluding hydrogens is 366 g/mol. The average Bonchev–Trinajstić information content (AvgIpc) is 3.43. The number of fused-ring (bicyclic) bond motifs is 1. The van der Waals surface area contributed by atoms with Gasteiger partial charge in [0.05, 0.1) is 30.3 Å². The summed E-state index contributed by atoms with van der Waals surface area (Å²) in [4.78, 5) is 21.3. The van der Waals surface area contributed by atoms with Gasteiger partial charge in [0.15, 0.2) is 5.65 Å². The second kappa shape index (κ2) is 8.82. The molecule has 2 aliphatic rings. The van der Waals surface area contributed by atoms with Crippen LogP contribution in [0.15, 0.2) is 18.5 Å². The van der Waals surface area contributed by atoms with E-state index in [9.17, 15) is 0 Å². The maximum Gasteiger partial charge on any atom is 0.227 e. The van der Waals surface area contributed by atoms with Gasteiger partial charge in [-0.1, -0.05) is 12.8 Å². The van der Waals surface area contributed by atoms with Crippen LogP contribution in [0, 0.1) is 13.8 Å². The first-order chi connectivity index (χ1) is 14.1. The molecular formula is C21H29N7O. The van der Waals surface area contributed by atoms with Crippen molar-refractivity contribution in [1.29, 1.82) is 0 Å². The van der Waals surface area contributed by atoms with Gasteiger partial charge < -0.3 is 9.64 Å². The lowest BCUT2D eigenvalue weighted by Crippen LogP contribution is -2.37. The third-order valence-electron chi connectivity index (χ3n) is 5.63. The summed E-state index contributed by atoms with van der Waals surface area (Å²) in [5.41, 5.74) is 4.66. The first-order valence-corrected chi connectivity index (χ1v) is 10.4. The summed E-state index contributed by atoms with van der Waals surface area (Å²) in [5.74, 6) is 1.29. The summed E-state index contributed by atoms with van der Waals surface area (Å²) in [6.45, 7) is 7.16. The second-order valence-corrected chi connectivity index (χ2v) is 7.74. The molecule has 2 fully saturated rings. The Kier molecular flexibility index (Phi) is 5.99. The third-order valence-corrected chi connectivity index (χ3v) is 5.63. The minimum absolute atomic E-state index is 0.497. The summed E-state index contributed by atoms with van der Waals surface area (Å²) in [5, 5.41) is 3.83. The summed E-state index contributed by atoms with van der Waals surface area (Å²) >= 11 is 0. The Morgan fingerprint density at radius 1 is 0.966 bits per heavy atom. The fraction of sp³-hybridized carbons (Fsp3) is 0.571. The smallest absolute Gasteiger partial charge is 0.227 e. The van der Waals surface area contributed by atoms with Gasteiger partial charge in [-0.3, -0.25) is 4.68 Å². The second-order valence-electron chi connectivity index (χ2n) is 7.74. The maximum absolute atomic E-state index is 5.45. The van der Waals surface area contributed by atoms with Crippen molar-refractivity contribution in [3.8, 4) is 0 Å². The fourth-order valence-electron chi connectivity index (χ4n) is 3.86. The number of nitrogens with zero attached hydrogens (tertiary/aromatic N) is 7. The number of anilines is 1. The largest absolute Gasteiger partial charge is 0.378 e. The monoisotopic (exact) mass is 395 g/mol. The third kappa shape index (κ3) is 4.53. The molecule has 5 rings (SSSR count). The molecule has 1 saturated heterocycles. The van der Waals surface area contributed by atoms with Crippen LogP contribution in [0.4, 0.5) is 5.95 Å². The molecule has 8 heteroatoms. The van der Waals surface area contributed by atoms with E-state index >= 15 is 0 Å². The molecule has 8 nitrogen and oxygen atoms in total. The van der Waals surface area contributed by atoms with Gasteiger partial charge in [-0.15, -0.1) is 0 Å². The Labute approximate surface area is 171 Å². The Balaban J connectivity index is 0.000000294. The molecule has 0 unspecified atom stereocenters. The van der Waals surface area contributed by atoms with Crippen molar-refractivity contribution in [2.75, 3.05) is 31.2 Å². The van der Waals surface area contributed by atoms with E-state index in [4.69, 9.17) is 24.7 Å². The zero-order valence-electron chi connectivity index (χ0n) is 17.5. The Morgan fingerprint density at radius 2 is 1.69 bits per heavy atom. The zero-order chi connectivity index (χ0) is 20.2. The molecule has 29 heavy (non-hydrogen) atoms. The van der Waals surface area contributed by atoms with Gasteiger partial charge in [-0.05, 0) is 32.8 Å². The van der Waals surface area contributed by atoms with Crippen LogP contribution in [-0.4, -0.2) is 56.0 Å². The SMILES string of the molecule is Cc1nc2nc(N3CCOCC3)nc(C3CCCC3)c2nc1C.Cn1cccn1. The first-order valence-electron chi connectivity index (χ1n) is 10.4. The summed E-state index contributed by atoms with van der Waals surface area (Å²) in [7, 11) is 1.89. The van der Waals surface area contributed by atoms with Crippen molar-refractivity contribution in [1.82, 2.24) is 29.7 Å². The van der Waals surface area contributed by atoms with E-state index < -0.39 is 0 Å². The molecule has 0 atom stereocenters. The number of aryl methyl sites for hydroxylation is 3. The molecule has 1 aliphatic carbocycles. The van der Waals surface area contributed by atoms with Crippen LogP contribution in [0.5, 0.6) is 0 Å². The highest BCUT2D eigenvalue weighted by Gasteiger charge is 2.25. The molecule has 1 saturated carbocycles. The molecule has 4 heterocycles. The molecule has 0 bridgehead atoms. The predicted octanol–water partition coefficient (Wildman–Crippen LogP) is 2.95. The van der Waals surface area contributed by atoms with Crippen LogP contribution in [-0.2, 0) is 11.8 Å². The summed E-state index contributed by atoms with van der Waals surface area (Å²) in [6.07, 6.45) is 8.59. The van der Waals surface area contributed by atoms with Gasteiger partial charge >= 0.3 is 0 Å². The lowest BCUT2D eigenvalue weighted by Gasteiger charge is -2.27. The topological polar surface area (TPSA) is 81.9 Å². The molecule has 3 aromatic rings. The summed E-state index contributed by atoms with van der Waals surface area (Å²) < 4.78 is 7.20. The lowest BCUT2D eigenvalue weighted by atomic mass is 10.0. The van der Waals surface area contributed by atoms with Crippen molar-refractivity contribution in [3.05, 3.63) is 35.5 Å². The van der Waals surface area contributed by atoms with Crippen LogP contribution in [0.1, 0.15) is 48.7 Å². The molecule has 3 aromatic heterocycles. The highest BCUT2D eigenvalue weighted by molar-refractivity contribution is 5.75. The minimum atomic E-state index is 0.497. The molecule has 0 N–H and O–H groups in total. The van der Waals surface area contributed by atoms with E-state index in [1.54, 1.807) is 10.9 Å². The van der Waals surface area contributed by atoms with Gasteiger partial charge in [0.1, 0.15) is 5.52 Å². The number of aromatic nitrogens is 6. The van der Waals surface area contributed by atoms with E-state index in [2.05, 4.69) is 10.00 Å². The van der Waals surface area contributed by atoms with Gasteiger partial charge in [0.2, 0.25) is 5.95 Å². The van der Waals surface area contributed by atoms with E-state index in [1.807, 2.05) is 33.2 Å². The zero-order valence-corrected chi connectivity index (χ0v) is 17.5. The Hall–Kier alpha value is -2.61. The quantitative estimate of drug-likeness (QED) is 0.660. The molecule has 0 amide bonds. The van der Waals surface area contributed by atoms with E-state index in [-0.39, 0.29) is 0 Å². The number of ether oxygens (including phenoxy) is 1. The van der Waals surface area contributed by atoms with Gasteiger partial charge in [-0.25, -0.2) is 15.0 Å². The van der Waals surface area contributed by atoms with Crippen molar-refractivity contribution in [3.63, 3.8) is 0 Å². The van der Waals surface area contributed by atoms with Crippen LogP contribution in [0.3, 0.4) is 0 Å². The fourth-order valence-corrected chi connectivity index (χ4v) is 3.86. The first kappa shape index (κ1) is 19.7. The van der Waals surface area contributed by atoms with E-state index in [0.717, 1.165) is 60.5 Å². The van der Waals surface area contributed by atoms with Crippen LogP contribution >= 0.6 is 0 Å². The molecule has 0 radical (unpaired) electrons. The Morgan fingerprint density at radius 3 is 2.31 bits per heavy atom. The minimum Gasteiger partial charge on any atom is -0.378 e. The van der Waals surface area contributed by atoms with Crippen molar-refractivity contribution in [2.24, 2.45) is 7.05 Å². The molecule has 154 valence electrons. The van der Waals surface area contributed by atoms with Crippen LogP contribution in [0.25, 0.3) is 11.2 Å². The lowest BCUT2D eigenvalue weighted by molar-refractivity contribution is 0.122. The predicted molar refractivity (Wildman–Crippen MR) is 112 cm³/mol. The van der Waals surface area contributed by atoms with Crippen molar-refractivity contribution >= 4 is 17.1 Å². The van der Waals surface area contributed by atoms with E-state index in [0.29, 0.717) is 5.92 Å². The van der Waals surface area contributed by atoms with Crippen LogP contribution < -0.4 is 4.90 Å². The van der Waals surface area contributed by atoms with E-state index in [1.165, 1.54) is 25.7 Å². The maximum atomic E-state index is 5.45. The van der Waals surface area contributed by atoms with Crippen molar-refractivity contribution in [2.45, 2.75) is 45.4 Å². The molecule has 0 aromatic carbocycles. The highest BCUT2D eigenvalue weighted by Crippen LogP contribution is 2.36. The number of hydrogen-bond donors (Lipinski definition) is 0. The molecule has 0 spiro atoms. The highest BCUT2D eigenvalue weighted by atomic mass is 16.5. The summed E-state index contributed by atoms with van der Waals surface area (Å²) in [6, 6.07) is 1.89. The number of rotatable bonds is 2. The van der Waals surface area contributed by atoms with Gasteiger partial charge in [-0.2, -0.15) is 10.1 Å².